The van der Waals surface area contributed by atoms with E-state index in [1.54, 1.807) is 6.07 Å². The van der Waals surface area contributed by atoms with E-state index in [-0.39, 0.29) is 28.5 Å². The average Bonchev–Trinajstić information content (AvgIpc) is 2.63. The number of anilines is 1. The standard InChI is InChI=1S/C21H21NO4/c1-2-3-8-15-18(23)10-9-17(20(15)25)22-21(26)16-11-13-6-4-5-7-14(13)12-19(16)24/h4-7,9-12,23-25H,2-3,8H2,1H3,(H,22,26). The Hall–Kier alpha value is -3.21. The maximum atomic E-state index is 12.6. The molecule has 0 aromatic heterocycles. The van der Waals surface area contributed by atoms with Crippen LogP contribution in [0.3, 0.4) is 0 Å². The van der Waals surface area contributed by atoms with Gasteiger partial charge < -0.3 is 20.6 Å². The summed E-state index contributed by atoms with van der Waals surface area (Å²) in [6.07, 6.45) is 2.24. The van der Waals surface area contributed by atoms with Crippen LogP contribution >= 0.6 is 0 Å². The average molecular weight is 351 g/mol. The molecule has 0 aliphatic carbocycles. The molecule has 0 atom stereocenters. The quantitative estimate of drug-likeness (QED) is 0.401. The van der Waals surface area contributed by atoms with E-state index < -0.39 is 5.91 Å². The Morgan fingerprint density at radius 3 is 2.35 bits per heavy atom. The van der Waals surface area contributed by atoms with Gasteiger partial charge in [0.05, 0.1) is 11.3 Å². The van der Waals surface area contributed by atoms with Crippen LogP contribution in [0.4, 0.5) is 5.69 Å². The topological polar surface area (TPSA) is 89.8 Å². The van der Waals surface area contributed by atoms with Gasteiger partial charge in [-0.15, -0.1) is 0 Å². The minimum Gasteiger partial charge on any atom is -0.508 e. The highest BCUT2D eigenvalue weighted by Gasteiger charge is 2.17. The Labute approximate surface area is 151 Å². The van der Waals surface area contributed by atoms with Gasteiger partial charge in [0.2, 0.25) is 0 Å². The van der Waals surface area contributed by atoms with Crippen molar-refractivity contribution in [2.75, 3.05) is 5.32 Å². The molecule has 0 aliphatic rings. The number of fused-ring (bicyclic) bond motifs is 1. The zero-order chi connectivity index (χ0) is 18.7. The van der Waals surface area contributed by atoms with E-state index in [9.17, 15) is 20.1 Å². The van der Waals surface area contributed by atoms with Crippen molar-refractivity contribution in [3.63, 3.8) is 0 Å². The number of benzene rings is 3. The highest BCUT2D eigenvalue weighted by molar-refractivity contribution is 6.09. The van der Waals surface area contributed by atoms with E-state index in [1.807, 2.05) is 31.2 Å². The lowest BCUT2D eigenvalue weighted by Crippen LogP contribution is -2.12. The molecule has 5 nitrogen and oxygen atoms in total. The molecule has 0 fully saturated rings. The summed E-state index contributed by atoms with van der Waals surface area (Å²) in [5.41, 5.74) is 0.727. The molecule has 0 unspecified atom stereocenters. The van der Waals surface area contributed by atoms with Crippen molar-refractivity contribution < 1.29 is 20.1 Å². The Morgan fingerprint density at radius 1 is 0.962 bits per heavy atom. The number of carbonyl (C=O) groups excluding carboxylic acids is 1. The molecule has 1 amide bonds. The molecule has 0 saturated heterocycles. The fourth-order valence-electron chi connectivity index (χ4n) is 2.93. The van der Waals surface area contributed by atoms with Crippen LogP contribution < -0.4 is 5.32 Å². The van der Waals surface area contributed by atoms with Crippen LogP contribution in [0.25, 0.3) is 10.8 Å². The molecule has 0 spiro atoms. The third-order valence-corrected chi connectivity index (χ3v) is 4.40. The van der Waals surface area contributed by atoms with Crippen molar-refractivity contribution in [2.45, 2.75) is 26.2 Å². The second kappa shape index (κ2) is 7.35. The summed E-state index contributed by atoms with van der Waals surface area (Å²) in [6.45, 7) is 2.02. The normalized spacial score (nSPS) is 10.8. The third-order valence-electron chi connectivity index (χ3n) is 4.40. The summed E-state index contributed by atoms with van der Waals surface area (Å²) in [7, 11) is 0. The van der Waals surface area contributed by atoms with E-state index in [0.29, 0.717) is 12.0 Å². The monoisotopic (exact) mass is 351 g/mol. The first-order valence-corrected chi connectivity index (χ1v) is 8.58. The molecule has 5 heteroatoms. The lowest BCUT2D eigenvalue weighted by molar-refractivity contribution is 0.102. The van der Waals surface area contributed by atoms with Gasteiger partial charge >= 0.3 is 0 Å². The number of phenolic OH excluding ortho intramolecular Hbond substituents is 3. The SMILES string of the molecule is CCCCc1c(O)ccc(NC(=O)c2cc3ccccc3cc2O)c1O. The van der Waals surface area contributed by atoms with Gasteiger partial charge in [0, 0.05) is 5.56 Å². The number of rotatable bonds is 5. The number of hydrogen-bond acceptors (Lipinski definition) is 4. The first kappa shape index (κ1) is 17.6. The first-order chi connectivity index (χ1) is 12.5. The van der Waals surface area contributed by atoms with E-state index in [1.165, 1.54) is 18.2 Å². The largest absolute Gasteiger partial charge is 0.508 e. The second-order valence-electron chi connectivity index (χ2n) is 6.23. The van der Waals surface area contributed by atoms with Gasteiger partial charge in [-0.25, -0.2) is 0 Å². The third kappa shape index (κ3) is 3.42. The van der Waals surface area contributed by atoms with Crippen LogP contribution in [0.1, 0.15) is 35.7 Å². The lowest BCUT2D eigenvalue weighted by atomic mass is 10.0. The summed E-state index contributed by atoms with van der Waals surface area (Å²) in [5.74, 6) is -0.809. The molecule has 0 heterocycles. The van der Waals surface area contributed by atoms with Gasteiger partial charge in [-0.3, -0.25) is 4.79 Å². The van der Waals surface area contributed by atoms with Crippen molar-refractivity contribution in [2.24, 2.45) is 0 Å². The Morgan fingerprint density at radius 2 is 1.65 bits per heavy atom. The molecular weight excluding hydrogens is 330 g/mol. The predicted octanol–water partition coefficient (Wildman–Crippen LogP) is 4.55. The number of aromatic hydroxyl groups is 3. The van der Waals surface area contributed by atoms with Gasteiger partial charge in [-0.2, -0.15) is 0 Å². The van der Waals surface area contributed by atoms with E-state index in [2.05, 4.69) is 5.32 Å². The van der Waals surface area contributed by atoms with Crippen LogP contribution in [0.2, 0.25) is 0 Å². The van der Waals surface area contributed by atoms with E-state index >= 15 is 0 Å². The summed E-state index contributed by atoms with van der Waals surface area (Å²) in [6, 6.07) is 13.4. The summed E-state index contributed by atoms with van der Waals surface area (Å²) in [5, 5.41) is 34.8. The van der Waals surface area contributed by atoms with Crippen molar-refractivity contribution in [1.29, 1.82) is 0 Å². The van der Waals surface area contributed by atoms with Gasteiger partial charge in [0.25, 0.3) is 5.91 Å². The molecule has 3 rings (SSSR count). The fraction of sp³-hybridized carbons (Fsp3) is 0.190. The van der Waals surface area contributed by atoms with Crippen LogP contribution in [0.15, 0.2) is 48.5 Å². The maximum Gasteiger partial charge on any atom is 0.259 e. The number of amides is 1. The first-order valence-electron chi connectivity index (χ1n) is 8.58. The second-order valence-corrected chi connectivity index (χ2v) is 6.23. The van der Waals surface area contributed by atoms with E-state index in [4.69, 9.17) is 0 Å². The van der Waals surface area contributed by atoms with Crippen LogP contribution in [0.5, 0.6) is 17.2 Å². The molecule has 3 aromatic carbocycles. The maximum absolute atomic E-state index is 12.6. The molecule has 0 saturated carbocycles. The molecule has 0 aliphatic heterocycles. The predicted molar refractivity (Wildman–Crippen MR) is 102 cm³/mol. The van der Waals surface area contributed by atoms with Crippen molar-refractivity contribution in [3.05, 3.63) is 59.7 Å². The molecule has 134 valence electrons. The van der Waals surface area contributed by atoms with Gasteiger partial charge in [0.15, 0.2) is 0 Å². The molecule has 26 heavy (non-hydrogen) atoms. The van der Waals surface area contributed by atoms with Crippen molar-refractivity contribution >= 4 is 22.4 Å². The molecule has 3 aromatic rings. The van der Waals surface area contributed by atoms with Gasteiger partial charge in [-0.1, -0.05) is 37.6 Å². The Bertz CT molecular complexity index is 966. The number of carbonyl (C=O) groups is 1. The molecule has 4 N–H and O–H groups in total. The van der Waals surface area contributed by atoms with Gasteiger partial charge in [-0.05, 0) is 47.9 Å². The summed E-state index contributed by atoms with van der Waals surface area (Å²) >= 11 is 0. The minimum absolute atomic E-state index is 0.00232. The van der Waals surface area contributed by atoms with Crippen LogP contribution in [-0.4, -0.2) is 21.2 Å². The molecule has 0 radical (unpaired) electrons. The highest BCUT2D eigenvalue weighted by atomic mass is 16.3. The zero-order valence-corrected chi connectivity index (χ0v) is 14.5. The zero-order valence-electron chi connectivity index (χ0n) is 14.5. The van der Waals surface area contributed by atoms with E-state index in [0.717, 1.165) is 23.6 Å². The lowest BCUT2D eigenvalue weighted by Gasteiger charge is -2.13. The summed E-state index contributed by atoms with van der Waals surface area (Å²) < 4.78 is 0. The minimum atomic E-state index is -0.532. The highest BCUT2D eigenvalue weighted by Crippen LogP contribution is 2.36. The number of nitrogens with one attached hydrogen (secondary N) is 1. The van der Waals surface area contributed by atoms with Gasteiger partial charge in [0.1, 0.15) is 17.2 Å². The number of hydrogen-bond donors (Lipinski definition) is 4. The number of phenols is 3. The summed E-state index contributed by atoms with van der Waals surface area (Å²) in [4.78, 5) is 12.6. The smallest absolute Gasteiger partial charge is 0.259 e. The molecular formula is C21H21NO4. The Balaban J connectivity index is 1.92. The van der Waals surface area contributed by atoms with Crippen LogP contribution in [-0.2, 0) is 6.42 Å². The molecule has 0 bridgehead atoms. The number of unbranched alkanes of at least 4 members (excludes halogenated alkanes) is 1. The van der Waals surface area contributed by atoms with Crippen molar-refractivity contribution in [3.8, 4) is 17.2 Å². The Kier molecular flexibility index (Phi) is 4.98. The fourth-order valence-corrected chi connectivity index (χ4v) is 2.93. The van der Waals surface area contributed by atoms with Crippen LogP contribution in [0, 0.1) is 0 Å². The van der Waals surface area contributed by atoms with Crippen molar-refractivity contribution in [1.82, 2.24) is 0 Å².